The van der Waals surface area contributed by atoms with Crippen LogP contribution in [-0.2, 0) is 21.1 Å². The molecule has 1 N–H and O–H groups in total. The van der Waals surface area contributed by atoms with E-state index in [4.69, 9.17) is 4.74 Å². The summed E-state index contributed by atoms with van der Waals surface area (Å²) in [6, 6.07) is 13.3. The molecule has 0 saturated heterocycles. The van der Waals surface area contributed by atoms with Gasteiger partial charge in [0.25, 0.3) is 0 Å². The highest BCUT2D eigenvalue weighted by atomic mass is 32.2. The molecule has 0 heterocycles. The summed E-state index contributed by atoms with van der Waals surface area (Å²) >= 11 is 0. The Morgan fingerprint density at radius 1 is 1.00 bits per heavy atom. The number of nitrogens with zero attached hydrogens (tertiary/aromatic N) is 1. The summed E-state index contributed by atoms with van der Waals surface area (Å²) in [5.41, 5.74) is 2.27. The quantitative estimate of drug-likeness (QED) is 0.494. The molecule has 4 rings (SSSR count). The van der Waals surface area contributed by atoms with E-state index in [0.717, 1.165) is 37.5 Å². The Labute approximate surface area is 214 Å². The first kappa shape index (κ1) is 26.2. The van der Waals surface area contributed by atoms with E-state index in [2.05, 4.69) is 5.32 Å². The molecule has 1 spiro atoms. The van der Waals surface area contributed by atoms with E-state index in [1.54, 1.807) is 24.3 Å². The predicted molar refractivity (Wildman–Crippen MR) is 140 cm³/mol. The Morgan fingerprint density at radius 3 is 2.28 bits per heavy atom. The Hall–Kier alpha value is -2.87. The zero-order valence-corrected chi connectivity index (χ0v) is 22.0. The number of carbonyl (C=O) groups excluding carboxylic acids is 2. The van der Waals surface area contributed by atoms with E-state index in [1.807, 2.05) is 17.0 Å². The van der Waals surface area contributed by atoms with Gasteiger partial charge in [-0.25, -0.2) is 18.0 Å². The Balaban J connectivity index is 1.53. The van der Waals surface area contributed by atoms with Crippen LogP contribution in [0.3, 0.4) is 0 Å². The van der Waals surface area contributed by atoms with Gasteiger partial charge in [0.2, 0.25) is 0 Å². The smallest absolute Gasteiger partial charge is 0.337 e. The fraction of sp³-hybridized carbons (Fsp3) is 0.500. The van der Waals surface area contributed by atoms with E-state index < -0.39 is 15.8 Å². The molecule has 2 saturated carbocycles. The summed E-state index contributed by atoms with van der Waals surface area (Å²) in [4.78, 5) is 27.4. The minimum atomic E-state index is -3.38. The molecule has 2 aliphatic carbocycles. The van der Waals surface area contributed by atoms with Crippen molar-refractivity contribution in [1.29, 1.82) is 0 Å². The van der Waals surface area contributed by atoms with Crippen LogP contribution in [0.1, 0.15) is 73.7 Å². The standard InChI is InChI=1S/C28H36N2O5S/c1-35-26(31)22-11-9-21(10-12-22)20-30(24-13-17-28(18-14-24)15-4-3-5-16-28)27(32)29-23-7-6-8-25(19-23)36(2,33)34/h6-12,19,24H,3-5,13-18,20H2,1-2H3,(H,29,32). The lowest BCUT2D eigenvalue weighted by Gasteiger charge is -2.45. The minimum Gasteiger partial charge on any atom is -0.465 e. The second-order valence-electron chi connectivity index (χ2n) is 10.3. The average Bonchev–Trinajstić information content (AvgIpc) is 2.88. The molecule has 0 aliphatic heterocycles. The van der Waals surface area contributed by atoms with Gasteiger partial charge in [-0.05, 0) is 79.8 Å². The van der Waals surface area contributed by atoms with E-state index >= 15 is 0 Å². The number of carbonyl (C=O) groups is 2. The molecule has 0 unspecified atom stereocenters. The Bertz CT molecular complexity index is 1180. The molecule has 194 valence electrons. The number of urea groups is 1. The third-order valence-electron chi connectivity index (χ3n) is 7.87. The molecular weight excluding hydrogens is 476 g/mol. The van der Waals surface area contributed by atoms with E-state index in [-0.39, 0.29) is 17.0 Å². The van der Waals surface area contributed by atoms with Crippen molar-refractivity contribution in [1.82, 2.24) is 4.90 Å². The number of esters is 1. The van der Waals surface area contributed by atoms with Crippen molar-refractivity contribution in [2.75, 3.05) is 18.7 Å². The average molecular weight is 513 g/mol. The Morgan fingerprint density at radius 2 is 1.67 bits per heavy atom. The van der Waals surface area contributed by atoms with Crippen LogP contribution >= 0.6 is 0 Å². The van der Waals surface area contributed by atoms with Crippen molar-refractivity contribution in [3.8, 4) is 0 Å². The van der Waals surface area contributed by atoms with Gasteiger partial charge in [0.05, 0.1) is 17.6 Å². The van der Waals surface area contributed by atoms with Crippen LogP contribution in [0.2, 0.25) is 0 Å². The number of methoxy groups -OCH3 is 1. The maximum absolute atomic E-state index is 13.6. The number of rotatable bonds is 6. The lowest BCUT2D eigenvalue weighted by Crippen LogP contribution is -2.46. The fourth-order valence-electron chi connectivity index (χ4n) is 5.76. The number of sulfone groups is 1. The van der Waals surface area contributed by atoms with Gasteiger partial charge >= 0.3 is 12.0 Å². The molecule has 2 aromatic carbocycles. The highest BCUT2D eigenvalue weighted by molar-refractivity contribution is 7.90. The van der Waals surface area contributed by atoms with Crippen LogP contribution in [0, 0.1) is 5.41 Å². The lowest BCUT2D eigenvalue weighted by atomic mass is 9.64. The van der Waals surface area contributed by atoms with Gasteiger partial charge in [0, 0.05) is 24.5 Å². The highest BCUT2D eigenvalue weighted by Crippen LogP contribution is 2.48. The second-order valence-corrected chi connectivity index (χ2v) is 12.4. The molecule has 0 aromatic heterocycles. The van der Waals surface area contributed by atoms with Crippen molar-refractivity contribution >= 4 is 27.5 Å². The van der Waals surface area contributed by atoms with Crippen molar-refractivity contribution < 1.29 is 22.7 Å². The summed E-state index contributed by atoms with van der Waals surface area (Å²) in [6.07, 6.45) is 11.8. The minimum absolute atomic E-state index is 0.0934. The van der Waals surface area contributed by atoms with Gasteiger partial charge in [0.15, 0.2) is 9.84 Å². The first-order chi connectivity index (χ1) is 17.2. The molecule has 7 nitrogen and oxygen atoms in total. The van der Waals surface area contributed by atoms with Gasteiger partial charge in [-0.2, -0.15) is 0 Å². The molecule has 2 fully saturated rings. The number of benzene rings is 2. The zero-order valence-electron chi connectivity index (χ0n) is 21.2. The van der Waals surface area contributed by atoms with Crippen LogP contribution in [-0.4, -0.2) is 44.7 Å². The summed E-state index contributed by atoms with van der Waals surface area (Å²) in [5, 5.41) is 2.93. The van der Waals surface area contributed by atoms with Gasteiger partial charge in [0.1, 0.15) is 0 Å². The molecule has 2 aromatic rings. The molecule has 2 amide bonds. The number of hydrogen-bond acceptors (Lipinski definition) is 5. The SMILES string of the molecule is COC(=O)c1ccc(CN(C(=O)Nc2cccc(S(C)(=O)=O)c2)C2CCC3(CCCCC3)CC2)cc1. The summed E-state index contributed by atoms with van der Waals surface area (Å²) < 4.78 is 28.8. The molecule has 2 aliphatic rings. The molecule has 36 heavy (non-hydrogen) atoms. The van der Waals surface area contributed by atoms with Crippen LogP contribution in [0.25, 0.3) is 0 Å². The van der Waals surface area contributed by atoms with Crippen LogP contribution in [0.5, 0.6) is 0 Å². The number of ether oxygens (including phenoxy) is 1. The number of amides is 2. The fourth-order valence-corrected chi connectivity index (χ4v) is 6.42. The second kappa shape index (κ2) is 11.0. The normalized spacial score (nSPS) is 17.9. The van der Waals surface area contributed by atoms with Gasteiger partial charge in [-0.3, -0.25) is 0 Å². The largest absolute Gasteiger partial charge is 0.465 e. The van der Waals surface area contributed by atoms with Gasteiger partial charge in [-0.1, -0.05) is 37.5 Å². The summed E-state index contributed by atoms with van der Waals surface area (Å²) in [5.74, 6) is -0.396. The third kappa shape index (κ3) is 6.27. The molecular formula is C28H36N2O5S. The monoisotopic (exact) mass is 512 g/mol. The van der Waals surface area contributed by atoms with E-state index in [0.29, 0.717) is 23.2 Å². The third-order valence-corrected chi connectivity index (χ3v) is 8.98. The summed E-state index contributed by atoms with van der Waals surface area (Å²) in [7, 11) is -2.03. The molecule has 0 bridgehead atoms. The molecule has 8 heteroatoms. The van der Waals surface area contributed by atoms with Crippen LogP contribution < -0.4 is 5.32 Å². The van der Waals surface area contributed by atoms with Crippen LogP contribution in [0.4, 0.5) is 10.5 Å². The van der Waals surface area contributed by atoms with E-state index in [1.165, 1.54) is 51.3 Å². The molecule has 0 radical (unpaired) electrons. The highest BCUT2D eigenvalue weighted by Gasteiger charge is 2.38. The Kier molecular flexibility index (Phi) is 8.03. The summed E-state index contributed by atoms with van der Waals surface area (Å²) in [6.45, 7) is 0.400. The van der Waals surface area contributed by atoms with Crippen molar-refractivity contribution in [3.05, 3.63) is 59.7 Å². The number of nitrogens with one attached hydrogen (secondary N) is 1. The maximum Gasteiger partial charge on any atom is 0.337 e. The zero-order chi connectivity index (χ0) is 25.8. The maximum atomic E-state index is 13.6. The molecule has 0 atom stereocenters. The predicted octanol–water partition coefficient (Wildman–Crippen LogP) is 5.80. The number of hydrogen-bond donors (Lipinski definition) is 1. The van der Waals surface area contributed by atoms with Crippen molar-refractivity contribution in [2.24, 2.45) is 5.41 Å². The van der Waals surface area contributed by atoms with Gasteiger partial charge < -0.3 is 15.0 Å². The van der Waals surface area contributed by atoms with Crippen molar-refractivity contribution in [3.63, 3.8) is 0 Å². The topological polar surface area (TPSA) is 92.8 Å². The lowest BCUT2D eigenvalue weighted by molar-refractivity contribution is 0.0600. The van der Waals surface area contributed by atoms with Crippen LogP contribution in [0.15, 0.2) is 53.4 Å². The number of anilines is 1. The van der Waals surface area contributed by atoms with E-state index in [9.17, 15) is 18.0 Å². The first-order valence-corrected chi connectivity index (χ1v) is 14.6. The van der Waals surface area contributed by atoms with Crippen molar-refractivity contribution in [2.45, 2.75) is 75.3 Å². The first-order valence-electron chi connectivity index (χ1n) is 12.7. The van der Waals surface area contributed by atoms with Gasteiger partial charge in [-0.15, -0.1) is 0 Å².